The first-order chi connectivity index (χ1) is 14.1. The zero-order valence-corrected chi connectivity index (χ0v) is 16.3. The standard InChI is InChI=1S/C22H19ClN2O4/c23-16-7-5-15(6-8-16)19-10-9-17(29-19)13-24-21(26)11-12-25-18-3-1-2-4-20(18)28-14-22(25)27/h1-10H,11-14H2,(H,24,26). The second kappa shape index (κ2) is 8.41. The minimum absolute atomic E-state index is 0.0154. The number of hydrogen-bond acceptors (Lipinski definition) is 4. The van der Waals surface area contributed by atoms with Crippen LogP contribution in [0.15, 0.2) is 65.1 Å². The number of furan rings is 1. The Labute approximate surface area is 173 Å². The first-order valence-electron chi connectivity index (χ1n) is 9.24. The molecule has 0 saturated heterocycles. The molecule has 1 N–H and O–H groups in total. The molecule has 0 aliphatic carbocycles. The molecule has 148 valence electrons. The van der Waals surface area contributed by atoms with Crippen LogP contribution in [0, 0.1) is 0 Å². The predicted octanol–water partition coefficient (Wildman–Crippen LogP) is 4.03. The highest BCUT2D eigenvalue weighted by Crippen LogP contribution is 2.31. The Kier molecular flexibility index (Phi) is 5.53. The van der Waals surface area contributed by atoms with Crippen molar-refractivity contribution >= 4 is 29.1 Å². The lowest BCUT2D eigenvalue weighted by Gasteiger charge is -2.29. The minimum atomic E-state index is -0.161. The molecule has 29 heavy (non-hydrogen) atoms. The van der Waals surface area contributed by atoms with Crippen LogP contribution >= 0.6 is 11.6 Å². The van der Waals surface area contributed by atoms with Gasteiger partial charge in [0.15, 0.2) is 6.61 Å². The molecule has 2 heterocycles. The van der Waals surface area contributed by atoms with Gasteiger partial charge in [-0.25, -0.2) is 0 Å². The Morgan fingerprint density at radius 3 is 2.69 bits per heavy atom. The number of anilines is 1. The molecule has 1 aromatic heterocycles. The third-order valence-electron chi connectivity index (χ3n) is 4.62. The van der Waals surface area contributed by atoms with Crippen molar-refractivity contribution in [2.24, 2.45) is 0 Å². The van der Waals surface area contributed by atoms with Gasteiger partial charge in [0.05, 0.1) is 12.2 Å². The van der Waals surface area contributed by atoms with Gasteiger partial charge in [0, 0.05) is 23.6 Å². The van der Waals surface area contributed by atoms with Crippen molar-refractivity contribution in [3.05, 3.63) is 71.4 Å². The van der Waals surface area contributed by atoms with Crippen LogP contribution in [-0.2, 0) is 16.1 Å². The van der Waals surface area contributed by atoms with Gasteiger partial charge in [-0.1, -0.05) is 23.7 Å². The van der Waals surface area contributed by atoms with Gasteiger partial charge in [0.2, 0.25) is 5.91 Å². The average Bonchev–Trinajstić information content (AvgIpc) is 3.21. The first kappa shape index (κ1) is 19.1. The number of carbonyl (C=O) groups is 2. The van der Waals surface area contributed by atoms with Gasteiger partial charge in [0.25, 0.3) is 5.91 Å². The van der Waals surface area contributed by atoms with Gasteiger partial charge in [-0.15, -0.1) is 0 Å². The summed E-state index contributed by atoms with van der Waals surface area (Å²) in [5.74, 6) is 1.69. The molecule has 1 aliphatic rings. The fraction of sp³-hybridized carbons (Fsp3) is 0.182. The summed E-state index contributed by atoms with van der Waals surface area (Å²) >= 11 is 5.90. The summed E-state index contributed by atoms with van der Waals surface area (Å²) in [6.45, 7) is 0.553. The molecule has 0 bridgehead atoms. The molecule has 3 aromatic rings. The quantitative estimate of drug-likeness (QED) is 0.666. The van der Waals surface area contributed by atoms with Crippen molar-refractivity contribution in [3.63, 3.8) is 0 Å². The van der Waals surface area contributed by atoms with E-state index >= 15 is 0 Å². The smallest absolute Gasteiger partial charge is 0.265 e. The Morgan fingerprint density at radius 2 is 1.86 bits per heavy atom. The normalized spacial score (nSPS) is 13.0. The summed E-state index contributed by atoms with van der Waals surface area (Å²) in [5, 5.41) is 3.49. The van der Waals surface area contributed by atoms with Crippen molar-refractivity contribution in [3.8, 4) is 17.1 Å². The number of nitrogens with one attached hydrogen (secondary N) is 1. The van der Waals surface area contributed by atoms with E-state index in [4.69, 9.17) is 20.8 Å². The molecular weight excluding hydrogens is 392 g/mol. The van der Waals surface area contributed by atoms with Crippen LogP contribution in [0.5, 0.6) is 5.75 Å². The van der Waals surface area contributed by atoms with E-state index in [0.717, 1.165) is 5.56 Å². The zero-order valence-electron chi connectivity index (χ0n) is 15.6. The molecule has 0 saturated carbocycles. The topological polar surface area (TPSA) is 71.8 Å². The SMILES string of the molecule is O=C(CCN1C(=O)COc2ccccc21)NCc1ccc(-c2ccc(Cl)cc2)o1. The molecule has 0 unspecified atom stereocenters. The van der Waals surface area contributed by atoms with Gasteiger partial charge in [-0.05, 0) is 48.5 Å². The van der Waals surface area contributed by atoms with Gasteiger partial charge in [-0.2, -0.15) is 0 Å². The second-order valence-corrected chi connectivity index (χ2v) is 7.04. The van der Waals surface area contributed by atoms with Crippen LogP contribution in [0.1, 0.15) is 12.2 Å². The van der Waals surface area contributed by atoms with Gasteiger partial charge < -0.3 is 19.4 Å². The number of carbonyl (C=O) groups excluding carboxylic acids is 2. The highest BCUT2D eigenvalue weighted by atomic mass is 35.5. The average molecular weight is 411 g/mol. The van der Waals surface area contributed by atoms with E-state index in [2.05, 4.69) is 5.32 Å². The van der Waals surface area contributed by atoms with Crippen LogP contribution in [0.3, 0.4) is 0 Å². The Balaban J connectivity index is 1.31. The molecule has 1 aliphatic heterocycles. The lowest BCUT2D eigenvalue weighted by Crippen LogP contribution is -2.41. The van der Waals surface area contributed by atoms with Crippen LogP contribution < -0.4 is 15.0 Å². The van der Waals surface area contributed by atoms with E-state index in [1.165, 1.54) is 0 Å². The van der Waals surface area contributed by atoms with E-state index in [-0.39, 0.29) is 31.4 Å². The highest BCUT2D eigenvalue weighted by Gasteiger charge is 2.25. The van der Waals surface area contributed by atoms with Crippen LogP contribution in [0.4, 0.5) is 5.69 Å². The highest BCUT2D eigenvalue weighted by molar-refractivity contribution is 6.30. The van der Waals surface area contributed by atoms with E-state index in [1.54, 1.807) is 17.0 Å². The van der Waals surface area contributed by atoms with Crippen molar-refractivity contribution in [1.29, 1.82) is 0 Å². The van der Waals surface area contributed by atoms with E-state index in [9.17, 15) is 9.59 Å². The molecule has 2 aromatic carbocycles. The third kappa shape index (κ3) is 4.43. The predicted molar refractivity (Wildman–Crippen MR) is 110 cm³/mol. The molecule has 4 rings (SSSR count). The maximum Gasteiger partial charge on any atom is 0.265 e. The molecular formula is C22H19ClN2O4. The molecule has 6 nitrogen and oxygen atoms in total. The first-order valence-corrected chi connectivity index (χ1v) is 9.61. The fourth-order valence-corrected chi connectivity index (χ4v) is 3.25. The Bertz CT molecular complexity index is 1030. The number of hydrogen-bond donors (Lipinski definition) is 1. The molecule has 2 amide bonds. The molecule has 0 fully saturated rings. The molecule has 0 atom stereocenters. The zero-order chi connectivity index (χ0) is 20.2. The van der Waals surface area contributed by atoms with Crippen LogP contribution in [-0.4, -0.2) is 25.0 Å². The minimum Gasteiger partial charge on any atom is -0.482 e. The summed E-state index contributed by atoms with van der Waals surface area (Å²) in [5.41, 5.74) is 1.60. The molecule has 7 heteroatoms. The van der Waals surface area contributed by atoms with Gasteiger partial charge in [-0.3, -0.25) is 9.59 Å². The maximum absolute atomic E-state index is 12.3. The number of benzene rings is 2. The fourth-order valence-electron chi connectivity index (χ4n) is 3.13. The molecule has 0 spiro atoms. The van der Waals surface area contributed by atoms with Crippen molar-refractivity contribution < 1.29 is 18.7 Å². The van der Waals surface area contributed by atoms with Gasteiger partial charge in [0.1, 0.15) is 17.3 Å². The number of ether oxygens (including phenoxy) is 1. The summed E-state index contributed by atoms with van der Waals surface area (Å²) < 4.78 is 11.2. The van der Waals surface area contributed by atoms with Crippen LogP contribution in [0.25, 0.3) is 11.3 Å². The van der Waals surface area contributed by atoms with Crippen molar-refractivity contribution in [2.75, 3.05) is 18.1 Å². The number of fused-ring (bicyclic) bond motifs is 1. The maximum atomic E-state index is 12.3. The number of nitrogens with zero attached hydrogens (tertiary/aromatic N) is 1. The summed E-state index contributed by atoms with van der Waals surface area (Å²) in [7, 11) is 0. The number of amides is 2. The second-order valence-electron chi connectivity index (χ2n) is 6.60. The monoisotopic (exact) mass is 410 g/mol. The number of rotatable bonds is 6. The largest absolute Gasteiger partial charge is 0.482 e. The molecule has 0 radical (unpaired) electrons. The van der Waals surface area contributed by atoms with Crippen molar-refractivity contribution in [2.45, 2.75) is 13.0 Å². The Morgan fingerprint density at radius 1 is 1.07 bits per heavy atom. The Hall–Kier alpha value is -3.25. The lowest BCUT2D eigenvalue weighted by atomic mass is 10.2. The number of halogens is 1. The summed E-state index contributed by atoms with van der Waals surface area (Å²) in [6.07, 6.45) is 0.185. The van der Waals surface area contributed by atoms with E-state index in [0.29, 0.717) is 34.5 Å². The van der Waals surface area contributed by atoms with Crippen LogP contribution in [0.2, 0.25) is 5.02 Å². The lowest BCUT2D eigenvalue weighted by molar-refractivity contribution is -0.122. The van der Waals surface area contributed by atoms with E-state index in [1.807, 2.05) is 48.5 Å². The summed E-state index contributed by atoms with van der Waals surface area (Å²) in [4.78, 5) is 26.0. The van der Waals surface area contributed by atoms with E-state index < -0.39 is 0 Å². The number of para-hydroxylation sites is 2. The van der Waals surface area contributed by atoms with Crippen molar-refractivity contribution in [1.82, 2.24) is 5.32 Å². The summed E-state index contributed by atoms with van der Waals surface area (Å²) in [6, 6.07) is 18.3. The van der Waals surface area contributed by atoms with Gasteiger partial charge >= 0.3 is 0 Å². The third-order valence-corrected chi connectivity index (χ3v) is 4.87.